The molecule has 3 N–H and O–H groups in total. The molecule has 1 fully saturated rings. The van der Waals surface area contributed by atoms with Crippen molar-refractivity contribution in [3.05, 3.63) is 29.8 Å². The molecule has 0 bridgehead atoms. The number of nitrogens with zero attached hydrogens (tertiary/aromatic N) is 1. The quantitative estimate of drug-likeness (QED) is 0.873. The Labute approximate surface area is 113 Å². The molecule has 1 heterocycles. The smallest absolute Gasteiger partial charge is 0.321 e. The Morgan fingerprint density at radius 3 is 2.84 bits per heavy atom. The van der Waals surface area contributed by atoms with Crippen LogP contribution in [0.15, 0.2) is 24.3 Å². The van der Waals surface area contributed by atoms with Crippen molar-refractivity contribution in [2.75, 3.05) is 25.5 Å². The predicted molar refractivity (Wildman–Crippen MR) is 75.0 cm³/mol. The second-order valence-electron chi connectivity index (χ2n) is 4.76. The number of benzene rings is 1. The summed E-state index contributed by atoms with van der Waals surface area (Å²) in [4.78, 5) is 13.9. The normalized spacial score (nSPS) is 16.4. The summed E-state index contributed by atoms with van der Waals surface area (Å²) in [7, 11) is 1.72. The SMILES string of the molecule is COC1CCN(C(=O)Nc2cccc(CN)c2)CC1. The highest BCUT2D eigenvalue weighted by Gasteiger charge is 2.22. The number of anilines is 1. The number of amides is 2. The lowest BCUT2D eigenvalue weighted by Crippen LogP contribution is -2.42. The average molecular weight is 263 g/mol. The van der Waals surface area contributed by atoms with Gasteiger partial charge in [0.15, 0.2) is 0 Å². The van der Waals surface area contributed by atoms with Crippen molar-refractivity contribution in [2.45, 2.75) is 25.5 Å². The second-order valence-corrected chi connectivity index (χ2v) is 4.76. The maximum Gasteiger partial charge on any atom is 0.321 e. The number of likely N-dealkylation sites (tertiary alicyclic amines) is 1. The molecule has 0 unspecified atom stereocenters. The van der Waals surface area contributed by atoms with Crippen LogP contribution in [0.1, 0.15) is 18.4 Å². The summed E-state index contributed by atoms with van der Waals surface area (Å²) in [6.07, 6.45) is 2.07. The maximum atomic E-state index is 12.1. The van der Waals surface area contributed by atoms with E-state index in [-0.39, 0.29) is 12.1 Å². The number of rotatable bonds is 3. The highest BCUT2D eigenvalue weighted by Crippen LogP contribution is 2.15. The lowest BCUT2D eigenvalue weighted by Gasteiger charge is -2.31. The van der Waals surface area contributed by atoms with E-state index in [0.29, 0.717) is 6.54 Å². The summed E-state index contributed by atoms with van der Waals surface area (Å²) in [5.74, 6) is 0. The van der Waals surface area contributed by atoms with E-state index < -0.39 is 0 Å². The van der Waals surface area contributed by atoms with Crippen LogP contribution in [0.25, 0.3) is 0 Å². The first-order chi connectivity index (χ1) is 9.22. The molecule has 104 valence electrons. The van der Waals surface area contributed by atoms with Crippen molar-refractivity contribution in [3.8, 4) is 0 Å². The molecule has 0 atom stereocenters. The Kier molecular flexibility index (Phi) is 4.76. The van der Waals surface area contributed by atoms with Gasteiger partial charge in [-0.25, -0.2) is 4.79 Å². The maximum absolute atomic E-state index is 12.1. The summed E-state index contributed by atoms with van der Waals surface area (Å²) in [6.45, 7) is 1.95. The zero-order chi connectivity index (χ0) is 13.7. The van der Waals surface area contributed by atoms with Crippen molar-refractivity contribution >= 4 is 11.7 Å². The first kappa shape index (κ1) is 13.8. The van der Waals surface area contributed by atoms with Crippen LogP contribution in [0, 0.1) is 0 Å². The molecular weight excluding hydrogens is 242 g/mol. The Morgan fingerprint density at radius 1 is 1.47 bits per heavy atom. The van der Waals surface area contributed by atoms with Crippen LogP contribution in [0.3, 0.4) is 0 Å². The van der Waals surface area contributed by atoms with Crippen molar-refractivity contribution in [1.29, 1.82) is 0 Å². The molecule has 2 amide bonds. The number of carbonyl (C=O) groups excluding carboxylic acids is 1. The van der Waals surface area contributed by atoms with Crippen LogP contribution in [0.4, 0.5) is 10.5 Å². The van der Waals surface area contributed by atoms with Gasteiger partial charge in [0.05, 0.1) is 6.10 Å². The highest BCUT2D eigenvalue weighted by atomic mass is 16.5. The summed E-state index contributed by atoms with van der Waals surface area (Å²) in [5, 5.41) is 2.91. The molecule has 0 saturated carbocycles. The third-order valence-electron chi connectivity index (χ3n) is 3.48. The standard InChI is InChI=1S/C14H21N3O2/c1-19-13-5-7-17(8-6-13)14(18)16-12-4-2-3-11(9-12)10-15/h2-4,9,13H,5-8,10,15H2,1H3,(H,16,18). The molecule has 0 aliphatic carbocycles. The lowest BCUT2D eigenvalue weighted by atomic mass is 10.1. The minimum Gasteiger partial charge on any atom is -0.381 e. The van der Waals surface area contributed by atoms with Crippen LogP contribution in [0.2, 0.25) is 0 Å². The van der Waals surface area contributed by atoms with E-state index in [9.17, 15) is 4.79 Å². The average Bonchev–Trinajstić information content (AvgIpc) is 2.47. The van der Waals surface area contributed by atoms with Crippen LogP contribution in [-0.4, -0.2) is 37.2 Å². The fourth-order valence-electron chi connectivity index (χ4n) is 2.27. The van der Waals surface area contributed by atoms with Gasteiger partial charge < -0.3 is 20.7 Å². The summed E-state index contributed by atoms with van der Waals surface area (Å²) in [6, 6.07) is 7.57. The van der Waals surface area contributed by atoms with E-state index >= 15 is 0 Å². The molecule has 0 radical (unpaired) electrons. The number of nitrogens with two attached hydrogens (primary N) is 1. The molecular formula is C14H21N3O2. The predicted octanol–water partition coefficient (Wildman–Crippen LogP) is 1.79. The molecule has 19 heavy (non-hydrogen) atoms. The van der Waals surface area contributed by atoms with E-state index in [0.717, 1.165) is 37.2 Å². The van der Waals surface area contributed by atoms with Crippen molar-refractivity contribution in [3.63, 3.8) is 0 Å². The zero-order valence-electron chi connectivity index (χ0n) is 11.3. The van der Waals surface area contributed by atoms with Gasteiger partial charge in [0.2, 0.25) is 0 Å². The summed E-state index contributed by atoms with van der Waals surface area (Å²) in [5.41, 5.74) is 7.39. The van der Waals surface area contributed by atoms with Gasteiger partial charge in [-0.2, -0.15) is 0 Å². The van der Waals surface area contributed by atoms with Crippen LogP contribution in [0.5, 0.6) is 0 Å². The van der Waals surface area contributed by atoms with Crippen molar-refractivity contribution < 1.29 is 9.53 Å². The lowest BCUT2D eigenvalue weighted by molar-refractivity contribution is 0.0521. The Balaban J connectivity index is 1.90. The fraction of sp³-hybridized carbons (Fsp3) is 0.500. The Hall–Kier alpha value is -1.59. The van der Waals surface area contributed by atoms with E-state index in [2.05, 4.69) is 5.32 Å². The molecule has 1 aromatic carbocycles. The number of urea groups is 1. The zero-order valence-corrected chi connectivity index (χ0v) is 11.3. The monoisotopic (exact) mass is 263 g/mol. The molecule has 5 nitrogen and oxygen atoms in total. The number of hydrogen-bond donors (Lipinski definition) is 2. The number of hydrogen-bond acceptors (Lipinski definition) is 3. The van der Waals surface area contributed by atoms with Gasteiger partial charge in [0.1, 0.15) is 0 Å². The second kappa shape index (κ2) is 6.54. The van der Waals surface area contributed by atoms with Gasteiger partial charge >= 0.3 is 6.03 Å². The van der Waals surface area contributed by atoms with E-state index in [4.69, 9.17) is 10.5 Å². The van der Waals surface area contributed by atoms with Gasteiger partial charge in [-0.15, -0.1) is 0 Å². The fourth-order valence-corrected chi connectivity index (χ4v) is 2.27. The van der Waals surface area contributed by atoms with Crippen molar-refractivity contribution in [1.82, 2.24) is 4.90 Å². The molecule has 5 heteroatoms. The first-order valence-corrected chi connectivity index (χ1v) is 6.60. The Morgan fingerprint density at radius 2 is 2.21 bits per heavy atom. The van der Waals surface area contributed by atoms with Gasteiger partial charge in [-0.3, -0.25) is 0 Å². The third kappa shape index (κ3) is 3.68. The molecule has 1 aliphatic rings. The highest BCUT2D eigenvalue weighted by molar-refractivity contribution is 5.89. The van der Waals surface area contributed by atoms with E-state index in [1.54, 1.807) is 7.11 Å². The third-order valence-corrected chi connectivity index (χ3v) is 3.48. The number of ether oxygens (including phenoxy) is 1. The van der Waals surface area contributed by atoms with Crippen molar-refractivity contribution in [2.24, 2.45) is 5.73 Å². The molecule has 0 aromatic heterocycles. The van der Waals surface area contributed by atoms with Gasteiger partial charge in [0.25, 0.3) is 0 Å². The minimum atomic E-state index is -0.0521. The number of carbonyl (C=O) groups is 1. The largest absolute Gasteiger partial charge is 0.381 e. The summed E-state index contributed by atoms with van der Waals surface area (Å²) >= 11 is 0. The number of nitrogens with one attached hydrogen (secondary N) is 1. The van der Waals surface area contributed by atoms with Gasteiger partial charge in [-0.05, 0) is 30.5 Å². The van der Waals surface area contributed by atoms with E-state index in [1.165, 1.54) is 0 Å². The van der Waals surface area contributed by atoms with Crippen LogP contribution < -0.4 is 11.1 Å². The topological polar surface area (TPSA) is 67.6 Å². The number of piperidine rings is 1. The van der Waals surface area contributed by atoms with Gasteiger partial charge in [-0.1, -0.05) is 12.1 Å². The molecule has 2 rings (SSSR count). The Bertz CT molecular complexity index is 428. The summed E-state index contributed by atoms with van der Waals surface area (Å²) < 4.78 is 5.30. The van der Waals surface area contributed by atoms with Gasteiger partial charge in [0, 0.05) is 32.4 Å². The first-order valence-electron chi connectivity index (χ1n) is 6.60. The van der Waals surface area contributed by atoms with Crippen LogP contribution >= 0.6 is 0 Å². The molecule has 0 spiro atoms. The molecule has 1 aromatic rings. The molecule has 1 aliphatic heterocycles. The number of methoxy groups -OCH3 is 1. The minimum absolute atomic E-state index is 0.0521. The van der Waals surface area contributed by atoms with Crippen LogP contribution in [-0.2, 0) is 11.3 Å². The van der Waals surface area contributed by atoms with E-state index in [1.807, 2.05) is 29.2 Å². The molecule has 1 saturated heterocycles.